The van der Waals surface area contributed by atoms with Gasteiger partial charge in [0.1, 0.15) is 0 Å². The Morgan fingerprint density at radius 3 is 2.43 bits per heavy atom. The number of rotatable bonds is 3. The first-order valence-electron chi connectivity index (χ1n) is 8.06. The quantitative estimate of drug-likeness (QED) is 0.631. The van der Waals surface area contributed by atoms with Crippen molar-refractivity contribution < 1.29 is 8.78 Å². The lowest BCUT2D eigenvalue weighted by Gasteiger charge is -2.28. The summed E-state index contributed by atoms with van der Waals surface area (Å²) in [4.78, 5) is 0. The molecule has 0 radical (unpaired) electrons. The summed E-state index contributed by atoms with van der Waals surface area (Å²) in [7, 11) is 0. The highest BCUT2D eigenvalue weighted by atomic mass is 19.2. The molecule has 0 aliphatic heterocycles. The first-order chi connectivity index (χ1) is 10.2. The minimum absolute atomic E-state index is 0.420. The Kier molecular flexibility index (Phi) is 4.23. The molecule has 0 heterocycles. The Morgan fingerprint density at radius 1 is 1.00 bits per heavy atom. The van der Waals surface area contributed by atoms with Crippen LogP contribution >= 0.6 is 0 Å². The molecule has 2 heteroatoms. The molecule has 0 spiro atoms. The SMILES string of the molecule is CCCC1CCC(c2ccc3ccc(F)c(F)c3c2)CC1. The summed E-state index contributed by atoms with van der Waals surface area (Å²) >= 11 is 0. The first kappa shape index (κ1) is 14.5. The molecular formula is C19H22F2. The van der Waals surface area contributed by atoms with Crippen molar-refractivity contribution in [2.45, 2.75) is 51.4 Å². The monoisotopic (exact) mass is 288 g/mol. The number of hydrogen-bond donors (Lipinski definition) is 0. The van der Waals surface area contributed by atoms with Crippen molar-refractivity contribution in [1.82, 2.24) is 0 Å². The predicted octanol–water partition coefficient (Wildman–Crippen LogP) is 6.19. The van der Waals surface area contributed by atoms with Gasteiger partial charge in [-0.1, -0.05) is 38.0 Å². The van der Waals surface area contributed by atoms with Crippen molar-refractivity contribution in [3.63, 3.8) is 0 Å². The van der Waals surface area contributed by atoms with Gasteiger partial charge in [-0.15, -0.1) is 0 Å². The fourth-order valence-electron chi connectivity index (χ4n) is 3.72. The average molecular weight is 288 g/mol. The number of halogens is 2. The Hall–Kier alpha value is -1.44. The summed E-state index contributed by atoms with van der Waals surface area (Å²) in [6.07, 6.45) is 7.46. The van der Waals surface area contributed by atoms with Gasteiger partial charge in [0.2, 0.25) is 0 Å². The van der Waals surface area contributed by atoms with E-state index in [-0.39, 0.29) is 0 Å². The zero-order valence-electron chi connectivity index (χ0n) is 12.5. The number of hydrogen-bond acceptors (Lipinski definition) is 0. The molecule has 0 saturated heterocycles. The highest BCUT2D eigenvalue weighted by molar-refractivity contribution is 5.84. The van der Waals surface area contributed by atoms with E-state index < -0.39 is 11.6 Å². The summed E-state index contributed by atoms with van der Waals surface area (Å²) in [5.41, 5.74) is 1.17. The van der Waals surface area contributed by atoms with E-state index in [0.717, 1.165) is 11.3 Å². The third-order valence-corrected chi connectivity index (χ3v) is 4.95. The maximum Gasteiger partial charge on any atom is 0.166 e. The summed E-state index contributed by atoms with van der Waals surface area (Å²) in [6.45, 7) is 2.24. The van der Waals surface area contributed by atoms with Crippen molar-refractivity contribution in [3.05, 3.63) is 47.5 Å². The van der Waals surface area contributed by atoms with E-state index in [9.17, 15) is 8.78 Å². The molecule has 0 unspecified atom stereocenters. The van der Waals surface area contributed by atoms with Crippen LogP contribution in [0.4, 0.5) is 8.78 Å². The zero-order chi connectivity index (χ0) is 14.8. The third-order valence-electron chi connectivity index (χ3n) is 4.95. The second kappa shape index (κ2) is 6.13. The Bertz CT molecular complexity index is 625. The van der Waals surface area contributed by atoms with E-state index in [1.54, 1.807) is 6.07 Å². The largest absolute Gasteiger partial charge is 0.204 e. The Labute approximate surface area is 125 Å². The molecule has 1 aliphatic carbocycles. The van der Waals surface area contributed by atoms with Gasteiger partial charge in [0.05, 0.1) is 0 Å². The second-order valence-corrected chi connectivity index (χ2v) is 6.35. The Morgan fingerprint density at radius 2 is 1.71 bits per heavy atom. The molecule has 2 aromatic carbocycles. The first-order valence-corrected chi connectivity index (χ1v) is 8.06. The van der Waals surface area contributed by atoms with Gasteiger partial charge in [-0.25, -0.2) is 8.78 Å². The molecule has 1 fully saturated rings. The predicted molar refractivity (Wildman–Crippen MR) is 83.5 cm³/mol. The van der Waals surface area contributed by atoms with Crippen molar-refractivity contribution in [1.29, 1.82) is 0 Å². The summed E-state index contributed by atoms with van der Waals surface area (Å²) in [5.74, 6) is -0.105. The topological polar surface area (TPSA) is 0 Å². The minimum Gasteiger partial charge on any atom is -0.204 e. The van der Waals surface area contributed by atoms with Crippen LogP contribution in [0.5, 0.6) is 0 Å². The van der Waals surface area contributed by atoms with E-state index >= 15 is 0 Å². The van der Waals surface area contributed by atoms with E-state index in [1.165, 1.54) is 50.2 Å². The van der Waals surface area contributed by atoms with Gasteiger partial charge in [0.15, 0.2) is 11.6 Å². The third kappa shape index (κ3) is 2.95. The van der Waals surface area contributed by atoms with Crippen molar-refractivity contribution in [2.24, 2.45) is 5.92 Å². The van der Waals surface area contributed by atoms with Crippen LogP contribution in [0.15, 0.2) is 30.3 Å². The molecule has 112 valence electrons. The standard InChI is InChI=1S/C19H22F2/c1-2-3-13-4-6-14(7-5-13)16-9-8-15-10-11-18(20)19(21)17(15)12-16/h8-14H,2-7H2,1H3. The van der Waals surface area contributed by atoms with Crippen LogP contribution in [0.25, 0.3) is 10.8 Å². The van der Waals surface area contributed by atoms with Crippen LogP contribution in [-0.2, 0) is 0 Å². The highest BCUT2D eigenvalue weighted by Crippen LogP contribution is 2.38. The van der Waals surface area contributed by atoms with Gasteiger partial charge in [0.25, 0.3) is 0 Å². The van der Waals surface area contributed by atoms with Gasteiger partial charge in [-0.3, -0.25) is 0 Å². The summed E-state index contributed by atoms with van der Waals surface area (Å²) in [5, 5.41) is 1.19. The number of benzene rings is 2. The molecule has 0 aromatic heterocycles. The fraction of sp³-hybridized carbons (Fsp3) is 0.474. The van der Waals surface area contributed by atoms with Crippen LogP contribution in [0.3, 0.4) is 0 Å². The lowest BCUT2D eigenvalue weighted by Crippen LogP contribution is -2.13. The summed E-state index contributed by atoms with van der Waals surface area (Å²) < 4.78 is 27.3. The van der Waals surface area contributed by atoms with E-state index in [1.807, 2.05) is 12.1 Å². The highest BCUT2D eigenvalue weighted by Gasteiger charge is 2.22. The van der Waals surface area contributed by atoms with Crippen LogP contribution in [0.2, 0.25) is 0 Å². The second-order valence-electron chi connectivity index (χ2n) is 6.35. The molecule has 0 nitrogen and oxygen atoms in total. The Balaban J connectivity index is 1.83. The number of fused-ring (bicyclic) bond motifs is 1. The van der Waals surface area contributed by atoms with E-state index in [0.29, 0.717) is 11.3 Å². The normalized spacial score (nSPS) is 22.6. The van der Waals surface area contributed by atoms with Gasteiger partial charge in [-0.2, -0.15) is 0 Å². The van der Waals surface area contributed by atoms with Crippen molar-refractivity contribution >= 4 is 10.8 Å². The van der Waals surface area contributed by atoms with E-state index in [2.05, 4.69) is 13.0 Å². The minimum atomic E-state index is -0.758. The smallest absolute Gasteiger partial charge is 0.166 e. The molecule has 1 saturated carbocycles. The lowest BCUT2D eigenvalue weighted by atomic mass is 9.77. The van der Waals surface area contributed by atoms with Crippen molar-refractivity contribution in [3.8, 4) is 0 Å². The molecule has 0 bridgehead atoms. The molecule has 21 heavy (non-hydrogen) atoms. The molecule has 1 aliphatic rings. The van der Waals surface area contributed by atoms with E-state index in [4.69, 9.17) is 0 Å². The maximum atomic E-state index is 13.9. The average Bonchev–Trinajstić information content (AvgIpc) is 2.52. The zero-order valence-corrected chi connectivity index (χ0v) is 12.5. The van der Waals surface area contributed by atoms with Crippen LogP contribution in [0.1, 0.15) is 56.9 Å². The molecule has 3 rings (SSSR count). The van der Waals surface area contributed by atoms with Crippen LogP contribution in [0, 0.1) is 17.6 Å². The molecule has 0 atom stereocenters. The van der Waals surface area contributed by atoms with Crippen LogP contribution < -0.4 is 0 Å². The van der Waals surface area contributed by atoms with Gasteiger partial charge in [0, 0.05) is 5.39 Å². The van der Waals surface area contributed by atoms with Gasteiger partial charge in [-0.05, 0) is 60.6 Å². The maximum absolute atomic E-state index is 13.9. The summed E-state index contributed by atoms with van der Waals surface area (Å²) in [6, 6.07) is 8.72. The molecule has 0 amide bonds. The van der Waals surface area contributed by atoms with Crippen molar-refractivity contribution in [2.75, 3.05) is 0 Å². The molecule has 0 N–H and O–H groups in total. The molecule has 2 aromatic rings. The molecular weight excluding hydrogens is 266 g/mol. The van der Waals surface area contributed by atoms with Gasteiger partial charge >= 0.3 is 0 Å². The lowest BCUT2D eigenvalue weighted by molar-refractivity contribution is 0.308. The van der Waals surface area contributed by atoms with Crippen LogP contribution in [-0.4, -0.2) is 0 Å². The van der Waals surface area contributed by atoms with Gasteiger partial charge < -0.3 is 0 Å². The fourth-order valence-corrected chi connectivity index (χ4v) is 3.72.